The topological polar surface area (TPSA) is 76.5 Å². The molecule has 28 heavy (non-hydrogen) atoms. The van der Waals surface area contributed by atoms with Crippen molar-refractivity contribution in [3.05, 3.63) is 61.2 Å². The molecule has 8 heteroatoms. The Labute approximate surface area is 169 Å². The fourth-order valence-corrected chi connectivity index (χ4v) is 4.16. The van der Waals surface area contributed by atoms with Crippen molar-refractivity contribution >= 4 is 56.9 Å². The van der Waals surface area contributed by atoms with Crippen molar-refractivity contribution in [3.8, 4) is 11.1 Å². The second-order valence-corrected chi connectivity index (χ2v) is 7.49. The van der Waals surface area contributed by atoms with Crippen molar-refractivity contribution in [3.63, 3.8) is 0 Å². The van der Waals surface area contributed by atoms with Crippen molar-refractivity contribution < 1.29 is 0 Å². The van der Waals surface area contributed by atoms with Crippen molar-refractivity contribution in [2.45, 2.75) is 4.90 Å². The molecule has 0 aliphatic heterocycles. The predicted molar refractivity (Wildman–Crippen MR) is 115 cm³/mol. The molecule has 2 aromatic carbocycles. The van der Waals surface area contributed by atoms with E-state index in [1.807, 2.05) is 36.5 Å². The van der Waals surface area contributed by atoms with E-state index in [4.69, 9.17) is 0 Å². The first kappa shape index (κ1) is 17.0. The van der Waals surface area contributed by atoms with Gasteiger partial charge in [0, 0.05) is 34.7 Å². The normalized spacial score (nSPS) is 11.2. The third kappa shape index (κ3) is 3.06. The summed E-state index contributed by atoms with van der Waals surface area (Å²) >= 11 is 2.90. The van der Waals surface area contributed by atoms with E-state index in [1.165, 1.54) is 11.7 Å². The number of thioether (sulfide) groups is 1. The van der Waals surface area contributed by atoms with Crippen LogP contribution in [0.15, 0.2) is 66.1 Å². The van der Waals surface area contributed by atoms with Crippen LogP contribution in [0.2, 0.25) is 0 Å². The fourth-order valence-electron chi connectivity index (χ4n) is 3.13. The van der Waals surface area contributed by atoms with Crippen LogP contribution in [0.5, 0.6) is 0 Å². The number of aromatic nitrogens is 5. The van der Waals surface area contributed by atoms with Gasteiger partial charge in [0.05, 0.1) is 34.6 Å². The molecule has 0 aliphatic rings. The lowest BCUT2D eigenvalue weighted by Gasteiger charge is -2.13. The van der Waals surface area contributed by atoms with Crippen LogP contribution in [-0.4, -0.2) is 30.0 Å². The van der Waals surface area contributed by atoms with E-state index in [-0.39, 0.29) is 0 Å². The number of benzene rings is 2. The minimum absolute atomic E-state index is 0.827. The molecule has 136 valence electrons. The van der Waals surface area contributed by atoms with Crippen LogP contribution >= 0.6 is 23.5 Å². The molecule has 0 fully saturated rings. The summed E-state index contributed by atoms with van der Waals surface area (Å²) in [6.45, 7) is 0. The summed E-state index contributed by atoms with van der Waals surface area (Å²) in [7, 11) is 0. The minimum Gasteiger partial charge on any atom is -0.353 e. The number of hydrogen-bond donors (Lipinski definition) is 1. The summed E-state index contributed by atoms with van der Waals surface area (Å²) in [5, 5.41) is 3.48. The average molecular weight is 403 g/mol. The quantitative estimate of drug-likeness (QED) is 0.416. The monoisotopic (exact) mass is 402 g/mol. The number of anilines is 2. The molecule has 0 unspecified atom stereocenters. The summed E-state index contributed by atoms with van der Waals surface area (Å²) in [5.74, 6) is 0. The van der Waals surface area contributed by atoms with Crippen LogP contribution in [0, 0.1) is 0 Å². The highest BCUT2D eigenvalue weighted by molar-refractivity contribution is 7.98. The molecule has 3 aromatic heterocycles. The molecule has 5 aromatic rings. The number of rotatable bonds is 4. The lowest BCUT2D eigenvalue weighted by Crippen LogP contribution is -1.96. The molecule has 3 heterocycles. The first-order valence-electron chi connectivity index (χ1n) is 8.54. The van der Waals surface area contributed by atoms with Crippen molar-refractivity contribution in [2.75, 3.05) is 11.6 Å². The van der Waals surface area contributed by atoms with Crippen LogP contribution < -0.4 is 5.32 Å². The molecular formula is C20H14N6S2. The van der Waals surface area contributed by atoms with Crippen molar-refractivity contribution in [1.29, 1.82) is 0 Å². The largest absolute Gasteiger partial charge is 0.353 e. The molecule has 0 saturated heterocycles. The molecule has 0 aliphatic carbocycles. The van der Waals surface area contributed by atoms with Gasteiger partial charge in [-0.3, -0.25) is 15.0 Å². The van der Waals surface area contributed by atoms with Gasteiger partial charge in [0.15, 0.2) is 0 Å². The summed E-state index contributed by atoms with van der Waals surface area (Å²) in [6, 6.07) is 12.2. The zero-order valence-electron chi connectivity index (χ0n) is 14.8. The predicted octanol–water partition coefficient (Wildman–Crippen LogP) is 5.16. The maximum absolute atomic E-state index is 4.57. The van der Waals surface area contributed by atoms with Crippen molar-refractivity contribution in [1.82, 2.24) is 23.7 Å². The number of pyridine rings is 1. The first-order valence-corrected chi connectivity index (χ1v) is 10.5. The summed E-state index contributed by atoms with van der Waals surface area (Å²) in [5.41, 5.74) is 7.39. The van der Waals surface area contributed by atoms with Crippen LogP contribution in [-0.2, 0) is 0 Å². The Morgan fingerprint density at radius 3 is 2.71 bits per heavy atom. The molecule has 1 N–H and O–H groups in total. The van der Waals surface area contributed by atoms with Gasteiger partial charge in [-0.2, -0.15) is 8.75 Å². The molecule has 5 rings (SSSR count). The molecule has 0 amide bonds. The summed E-state index contributed by atoms with van der Waals surface area (Å²) in [6.07, 6.45) is 9.11. The number of nitrogens with zero attached hydrogens (tertiary/aromatic N) is 5. The molecule has 6 nitrogen and oxygen atoms in total. The Bertz CT molecular complexity index is 1300. The zero-order chi connectivity index (χ0) is 18.9. The third-order valence-corrected chi connectivity index (χ3v) is 5.77. The Balaban J connectivity index is 1.67. The van der Waals surface area contributed by atoms with Gasteiger partial charge in [0.25, 0.3) is 0 Å². The maximum atomic E-state index is 4.57. The van der Waals surface area contributed by atoms with Gasteiger partial charge in [-0.15, -0.1) is 11.8 Å². The minimum atomic E-state index is 0.827. The van der Waals surface area contributed by atoms with Gasteiger partial charge in [-0.1, -0.05) is 6.07 Å². The van der Waals surface area contributed by atoms with E-state index in [9.17, 15) is 0 Å². The van der Waals surface area contributed by atoms with E-state index in [0.717, 1.165) is 49.5 Å². The van der Waals surface area contributed by atoms with Gasteiger partial charge >= 0.3 is 0 Å². The summed E-state index contributed by atoms with van der Waals surface area (Å²) < 4.78 is 8.65. The maximum Gasteiger partial charge on any atom is 0.105 e. The van der Waals surface area contributed by atoms with E-state index < -0.39 is 0 Å². The van der Waals surface area contributed by atoms with Crippen LogP contribution in [0.3, 0.4) is 0 Å². The Morgan fingerprint density at radius 2 is 1.79 bits per heavy atom. The van der Waals surface area contributed by atoms with E-state index >= 15 is 0 Å². The lowest BCUT2D eigenvalue weighted by atomic mass is 10.0. The number of nitrogens with one attached hydrogen (secondary N) is 1. The first-order chi connectivity index (χ1) is 13.8. The Hall–Kier alpha value is -3.10. The van der Waals surface area contributed by atoms with Crippen molar-refractivity contribution in [2.24, 2.45) is 0 Å². The van der Waals surface area contributed by atoms with Crippen LogP contribution in [0.25, 0.3) is 33.2 Å². The van der Waals surface area contributed by atoms with Gasteiger partial charge < -0.3 is 5.32 Å². The Kier molecular flexibility index (Phi) is 4.34. The smallest absolute Gasteiger partial charge is 0.105 e. The second kappa shape index (κ2) is 7.14. The molecule has 0 saturated carbocycles. The molecular weight excluding hydrogens is 388 g/mol. The summed E-state index contributed by atoms with van der Waals surface area (Å²) in [4.78, 5) is 14.5. The average Bonchev–Trinajstić information content (AvgIpc) is 3.21. The van der Waals surface area contributed by atoms with Gasteiger partial charge in [-0.25, -0.2) is 0 Å². The zero-order valence-corrected chi connectivity index (χ0v) is 16.5. The number of hydrogen-bond acceptors (Lipinski definition) is 8. The SMILES string of the molecule is CSc1ccncc1Nc1cc(-c2ccc3nsnc3c2)c2nccnc2c1. The van der Waals surface area contributed by atoms with E-state index in [0.29, 0.717) is 0 Å². The molecule has 0 bridgehead atoms. The molecule has 0 atom stereocenters. The van der Waals surface area contributed by atoms with E-state index in [2.05, 4.69) is 41.3 Å². The van der Waals surface area contributed by atoms with Crippen LogP contribution in [0.1, 0.15) is 0 Å². The van der Waals surface area contributed by atoms with Gasteiger partial charge in [-0.05, 0) is 42.2 Å². The fraction of sp³-hybridized carbons (Fsp3) is 0.0500. The molecule has 0 spiro atoms. The highest BCUT2D eigenvalue weighted by Gasteiger charge is 2.11. The molecule has 0 radical (unpaired) electrons. The number of fused-ring (bicyclic) bond motifs is 2. The highest BCUT2D eigenvalue weighted by atomic mass is 32.2. The Morgan fingerprint density at radius 1 is 0.893 bits per heavy atom. The van der Waals surface area contributed by atoms with E-state index in [1.54, 1.807) is 30.4 Å². The lowest BCUT2D eigenvalue weighted by molar-refractivity contribution is 1.25. The standard InChI is InChI=1S/C20H14N6S2/c1-27-19-4-5-21-11-18(19)24-13-9-14(20-17(10-13)22-6-7-23-20)12-2-3-15-16(8-12)26-28-25-15/h2-11,24H,1H3. The van der Waals surface area contributed by atoms with Crippen LogP contribution in [0.4, 0.5) is 11.4 Å². The second-order valence-electron chi connectivity index (χ2n) is 6.12. The van der Waals surface area contributed by atoms with Gasteiger partial charge in [0.1, 0.15) is 11.0 Å². The third-order valence-electron chi connectivity index (χ3n) is 4.42. The highest BCUT2D eigenvalue weighted by Crippen LogP contribution is 2.34. The van der Waals surface area contributed by atoms with Gasteiger partial charge in [0.2, 0.25) is 0 Å².